The van der Waals surface area contributed by atoms with Gasteiger partial charge in [-0.3, -0.25) is 4.79 Å². The molecule has 140 valence electrons. The molecule has 0 saturated heterocycles. The molecule has 0 radical (unpaired) electrons. The SMILES string of the molecule is CCOC(=O)Cc1nc(Cl)c2c(-c3ccccc3)c(-c3ccccc3)oc2n1. The Kier molecular flexibility index (Phi) is 5.08. The fraction of sp³-hybridized carbons (Fsp3) is 0.136. The highest BCUT2D eigenvalue weighted by atomic mass is 35.5. The standard InChI is InChI=1S/C22H17ClN2O3/c1-2-27-17(26)13-16-24-21(23)19-18(14-9-5-3-6-10-14)20(28-22(19)25-16)15-11-7-4-8-12-15/h3-12H,2,13H2,1H3. The first kappa shape index (κ1) is 18.2. The van der Waals surface area contributed by atoms with Crippen LogP contribution in [0.4, 0.5) is 0 Å². The Bertz CT molecular complexity index is 1120. The minimum absolute atomic E-state index is 0.0639. The van der Waals surface area contributed by atoms with Crippen molar-refractivity contribution in [2.75, 3.05) is 6.61 Å². The molecule has 0 atom stereocenters. The zero-order chi connectivity index (χ0) is 19.5. The van der Waals surface area contributed by atoms with Gasteiger partial charge in [0.1, 0.15) is 23.2 Å². The van der Waals surface area contributed by atoms with Gasteiger partial charge in [0.25, 0.3) is 0 Å². The highest BCUT2D eigenvalue weighted by molar-refractivity contribution is 6.35. The topological polar surface area (TPSA) is 65.2 Å². The molecule has 5 nitrogen and oxygen atoms in total. The number of benzene rings is 2. The third-order valence-corrected chi connectivity index (χ3v) is 4.53. The van der Waals surface area contributed by atoms with Gasteiger partial charge < -0.3 is 9.15 Å². The van der Waals surface area contributed by atoms with Gasteiger partial charge in [-0.25, -0.2) is 4.98 Å². The van der Waals surface area contributed by atoms with E-state index in [1.165, 1.54) is 0 Å². The summed E-state index contributed by atoms with van der Waals surface area (Å²) in [7, 11) is 0. The van der Waals surface area contributed by atoms with Crippen LogP contribution in [0.15, 0.2) is 65.1 Å². The average Bonchev–Trinajstić information content (AvgIpc) is 3.09. The molecule has 4 aromatic rings. The average molecular weight is 393 g/mol. The minimum Gasteiger partial charge on any atom is -0.466 e. The van der Waals surface area contributed by atoms with E-state index in [4.69, 9.17) is 20.8 Å². The van der Waals surface area contributed by atoms with Crippen molar-refractivity contribution in [1.82, 2.24) is 9.97 Å². The van der Waals surface area contributed by atoms with Crippen LogP contribution >= 0.6 is 11.6 Å². The normalized spacial score (nSPS) is 10.9. The second-order valence-electron chi connectivity index (χ2n) is 6.13. The number of carbonyl (C=O) groups excluding carboxylic acids is 1. The molecule has 2 heterocycles. The Labute approximate surface area is 166 Å². The molecule has 0 bridgehead atoms. The zero-order valence-electron chi connectivity index (χ0n) is 15.2. The Balaban J connectivity index is 1.93. The summed E-state index contributed by atoms with van der Waals surface area (Å²) in [5.41, 5.74) is 3.03. The predicted molar refractivity (Wildman–Crippen MR) is 108 cm³/mol. The van der Waals surface area contributed by atoms with E-state index in [1.54, 1.807) is 6.92 Å². The highest BCUT2D eigenvalue weighted by Gasteiger charge is 2.23. The number of ether oxygens (including phenoxy) is 1. The van der Waals surface area contributed by atoms with Crippen molar-refractivity contribution < 1.29 is 13.9 Å². The Morgan fingerprint density at radius 1 is 1.00 bits per heavy atom. The van der Waals surface area contributed by atoms with Crippen LogP contribution in [0.3, 0.4) is 0 Å². The molecule has 0 spiro atoms. The van der Waals surface area contributed by atoms with Crippen molar-refractivity contribution in [2.45, 2.75) is 13.3 Å². The first-order chi connectivity index (χ1) is 13.7. The van der Waals surface area contributed by atoms with Crippen LogP contribution in [-0.2, 0) is 16.0 Å². The molecule has 0 amide bonds. The van der Waals surface area contributed by atoms with Crippen LogP contribution in [0, 0.1) is 0 Å². The van der Waals surface area contributed by atoms with Crippen LogP contribution in [0.2, 0.25) is 5.15 Å². The highest BCUT2D eigenvalue weighted by Crippen LogP contribution is 2.42. The van der Waals surface area contributed by atoms with E-state index in [9.17, 15) is 4.79 Å². The number of fused-ring (bicyclic) bond motifs is 1. The van der Waals surface area contributed by atoms with Gasteiger partial charge >= 0.3 is 5.97 Å². The lowest BCUT2D eigenvalue weighted by molar-refractivity contribution is -0.142. The van der Waals surface area contributed by atoms with Crippen LogP contribution in [0.25, 0.3) is 33.6 Å². The fourth-order valence-corrected chi connectivity index (χ4v) is 3.37. The van der Waals surface area contributed by atoms with E-state index in [0.717, 1.165) is 16.7 Å². The van der Waals surface area contributed by atoms with Gasteiger partial charge in [-0.15, -0.1) is 0 Å². The molecular weight excluding hydrogens is 376 g/mol. The van der Waals surface area contributed by atoms with E-state index in [1.807, 2.05) is 60.7 Å². The summed E-state index contributed by atoms with van der Waals surface area (Å²) < 4.78 is 11.1. The monoisotopic (exact) mass is 392 g/mol. The second kappa shape index (κ2) is 7.82. The lowest BCUT2D eigenvalue weighted by Gasteiger charge is -2.05. The first-order valence-electron chi connectivity index (χ1n) is 8.92. The van der Waals surface area contributed by atoms with Crippen molar-refractivity contribution >= 4 is 28.7 Å². The summed E-state index contributed by atoms with van der Waals surface area (Å²) in [6.45, 7) is 2.05. The molecule has 0 unspecified atom stereocenters. The van der Waals surface area contributed by atoms with Crippen LogP contribution in [0.5, 0.6) is 0 Å². The quantitative estimate of drug-likeness (QED) is 0.340. The van der Waals surface area contributed by atoms with Crippen LogP contribution < -0.4 is 0 Å². The van der Waals surface area contributed by atoms with Crippen LogP contribution in [0.1, 0.15) is 12.7 Å². The lowest BCUT2D eigenvalue weighted by atomic mass is 10.00. The Morgan fingerprint density at radius 2 is 1.64 bits per heavy atom. The molecule has 0 fully saturated rings. The summed E-state index contributed by atoms with van der Waals surface area (Å²) in [6.07, 6.45) is -0.0639. The number of rotatable bonds is 5. The van der Waals surface area contributed by atoms with Gasteiger partial charge in [0, 0.05) is 11.1 Å². The zero-order valence-corrected chi connectivity index (χ0v) is 15.9. The molecule has 28 heavy (non-hydrogen) atoms. The summed E-state index contributed by atoms with van der Waals surface area (Å²) in [5, 5.41) is 0.869. The summed E-state index contributed by atoms with van der Waals surface area (Å²) in [5.74, 6) is 0.520. The van der Waals surface area contributed by atoms with E-state index in [0.29, 0.717) is 23.5 Å². The fourth-order valence-electron chi connectivity index (χ4n) is 3.09. The summed E-state index contributed by atoms with van der Waals surface area (Å²) in [6, 6.07) is 19.6. The maximum atomic E-state index is 11.8. The van der Waals surface area contributed by atoms with Crippen LogP contribution in [-0.4, -0.2) is 22.5 Å². The maximum Gasteiger partial charge on any atom is 0.313 e. The van der Waals surface area contributed by atoms with Gasteiger partial charge in [-0.05, 0) is 12.5 Å². The summed E-state index contributed by atoms with van der Waals surface area (Å²) in [4.78, 5) is 20.5. The van der Waals surface area contributed by atoms with E-state index in [-0.39, 0.29) is 17.4 Å². The minimum atomic E-state index is -0.406. The van der Waals surface area contributed by atoms with Crippen molar-refractivity contribution in [3.8, 4) is 22.5 Å². The van der Waals surface area contributed by atoms with Crippen molar-refractivity contribution in [2.24, 2.45) is 0 Å². The molecule has 0 saturated carbocycles. The number of furan rings is 1. The molecule has 2 aromatic carbocycles. The molecule has 6 heteroatoms. The number of nitrogens with zero attached hydrogens (tertiary/aromatic N) is 2. The molecule has 0 aliphatic carbocycles. The second-order valence-corrected chi connectivity index (χ2v) is 6.49. The van der Waals surface area contributed by atoms with E-state index < -0.39 is 5.97 Å². The number of halogens is 1. The Morgan fingerprint density at radius 3 is 2.29 bits per heavy atom. The molecule has 0 aliphatic rings. The first-order valence-corrected chi connectivity index (χ1v) is 9.30. The molecule has 0 N–H and O–H groups in total. The van der Waals surface area contributed by atoms with Crippen molar-refractivity contribution in [3.05, 3.63) is 71.6 Å². The van der Waals surface area contributed by atoms with Gasteiger partial charge in [-0.2, -0.15) is 4.98 Å². The third kappa shape index (κ3) is 3.49. The largest absolute Gasteiger partial charge is 0.466 e. The number of carbonyl (C=O) groups is 1. The molecular formula is C22H17ClN2O3. The Hall–Kier alpha value is -3.18. The van der Waals surface area contributed by atoms with Gasteiger partial charge in [0.2, 0.25) is 5.71 Å². The number of esters is 1. The molecule has 2 aromatic heterocycles. The van der Waals surface area contributed by atoms with Crippen molar-refractivity contribution in [3.63, 3.8) is 0 Å². The van der Waals surface area contributed by atoms with E-state index >= 15 is 0 Å². The maximum absolute atomic E-state index is 11.8. The third-order valence-electron chi connectivity index (χ3n) is 4.26. The predicted octanol–water partition coefficient (Wildman–Crippen LogP) is 5.32. The lowest BCUT2D eigenvalue weighted by Crippen LogP contribution is -2.10. The van der Waals surface area contributed by atoms with Gasteiger partial charge in [0.05, 0.1) is 12.0 Å². The molecule has 4 rings (SSSR count). The number of hydrogen-bond donors (Lipinski definition) is 0. The van der Waals surface area contributed by atoms with Gasteiger partial charge in [-0.1, -0.05) is 72.3 Å². The van der Waals surface area contributed by atoms with Crippen molar-refractivity contribution in [1.29, 1.82) is 0 Å². The molecule has 0 aliphatic heterocycles. The number of hydrogen-bond acceptors (Lipinski definition) is 5. The number of aromatic nitrogens is 2. The van der Waals surface area contributed by atoms with E-state index in [2.05, 4.69) is 9.97 Å². The van der Waals surface area contributed by atoms with Gasteiger partial charge in [0.15, 0.2) is 0 Å². The smallest absolute Gasteiger partial charge is 0.313 e. The summed E-state index contributed by atoms with van der Waals surface area (Å²) >= 11 is 6.52.